The van der Waals surface area contributed by atoms with Crippen molar-refractivity contribution in [2.75, 3.05) is 6.54 Å². The van der Waals surface area contributed by atoms with Crippen molar-refractivity contribution >= 4 is 55.2 Å². The summed E-state index contributed by atoms with van der Waals surface area (Å²) in [5, 5.41) is 7.46. The van der Waals surface area contributed by atoms with E-state index in [4.69, 9.17) is 4.74 Å². The number of aromatic nitrogens is 3. The topological polar surface area (TPSA) is 179 Å². The lowest BCUT2D eigenvalue weighted by Gasteiger charge is -2.29. The van der Waals surface area contributed by atoms with E-state index in [0.717, 1.165) is 24.4 Å². The molecule has 330 valence electrons. The van der Waals surface area contributed by atoms with E-state index in [2.05, 4.69) is 24.9 Å². The number of ether oxygens (including phenoxy) is 2. The fourth-order valence-corrected chi connectivity index (χ4v) is 9.77. The molecule has 3 amide bonds. The Bertz CT molecular complexity index is 2580. The summed E-state index contributed by atoms with van der Waals surface area (Å²) in [5.41, 5.74) is -1.38. The Morgan fingerprint density at radius 1 is 1.00 bits per heavy atom. The number of hydrogen-bond acceptors (Lipinski definition) is 10. The number of halogens is 5. The molecule has 20 heteroatoms. The van der Waals surface area contributed by atoms with E-state index in [1.807, 2.05) is 12.2 Å². The number of allylic oxidation sites excluding steroid dienone is 2. The zero-order chi connectivity index (χ0) is 44.2. The molecule has 0 spiro atoms. The molecular weight excluding hydrogens is 844 g/mol. The molecule has 2 N–H and O–H groups in total. The number of ketones is 1. The third-order valence-corrected chi connectivity index (χ3v) is 14.5. The predicted molar refractivity (Wildman–Crippen MR) is 212 cm³/mol. The number of rotatable bonds is 9. The Labute approximate surface area is 352 Å². The highest BCUT2D eigenvalue weighted by Gasteiger charge is 2.62. The van der Waals surface area contributed by atoms with Gasteiger partial charge in [0.1, 0.15) is 23.6 Å². The van der Waals surface area contributed by atoms with Gasteiger partial charge in [0.15, 0.2) is 5.78 Å². The first-order chi connectivity index (χ1) is 29.4. The molecule has 4 heterocycles. The summed E-state index contributed by atoms with van der Waals surface area (Å²) in [6, 6.07) is 9.10. The van der Waals surface area contributed by atoms with Crippen molar-refractivity contribution in [1.82, 2.24) is 29.7 Å². The first kappa shape index (κ1) is 43.0. The smallest absolute Gasteiger partial charge is 0.472 e. The number of amides is 3. The molecule has 3 fully saturated rings. The van der Waals surface area contributed by atoms with Gasteiger partial charge in [-0.2, -0.15) is 13.9 Å². The standard InChI is InChI=1S/C42H43F5N6O8S/c1-40(16-17-40)62(58,59)51-38(57)41-21-24(41)9-5-3-2-4-6-12-32(48-35(55)31-15-18-53(50-31)39(43)44)37(56)52-23-26(20-33(52)34(54)22-41)60-36-29-19-25(61-42(45,46)47)13-14-27(29)28-10-7-8-11-30(28)49-36/h5,7-11,13-15,18-19,24,26,32-33,39H,2-4,6,12,16-17,20-23H2,1H3,(H,48,55)(H,51,57)/b9-5-/t24-,26-,32+,33+,41-/m1/s1. The lowest BCUT2D eigenvalue weighted by atomic mass is 9.91. The maximum absolute atomic E-state index is 14.7. The average molecular weight is 887 g/mol. The number of alkyl halides is 5. The van der Waals surface area contributed by atoms with Crippen molar-refractivity contribution in [1.29, 1.82) is 0 Å². The van der Waals surface area contributed by atoms with Crippen LogP contribution in [0.5, 0.6) is 11.6 Å². The second-order valence-electron chi connectivity index (χ2n) is 16.7. The van der Waals surface area contributed by atoms with Gasteiger partial charge in [-0.05, 0) is 87.1 Å². The van der Waals surface area contributed by atoms with Gasteiger partial charge in [0.05, 0.1) is 28.3 Å². The fourth-order valence-electron chi connectivity index (χ4n) is 8.44. The summed E-state index contributed by atoms with van der Waals surface area (Å²) in [6.07, 6.45) is 1.27. The van der Waals surface area contributed by atoms with Crippen LogP contribution in [0.3, 0.4) is 0 Å². The van der Waals surface area contributed by atoms with E-state index in [9.17, 15) is 49.5 Å². The number of benzene rings is 2. The zero-order valence-corrected chi connectivity index (χ0v) is 34.2. The highest BCUT2D eigenvalue weighted by molar-refractivity contribution is 7.91. The van der Waals surface area contributed by atoms with Gasteiger partial charge in [0.2, 0.25) is 27.7 Å². The molecule has 1 saturated heterocycles. The lowest BCUT2D eigenvalue weighted by molar-refractivity contribution is -0.274. The maximum Gasteiger partial charge on any atom is 0.573 e. The van der Waals surface area contributed by atoms with Crippen molar-refractivity contribution in [3.63, 3.8) is 0 Å². The molecular formula is C42H43F5N6O8S. The zero-order valence-electron chi connectivity index (χ0n) is 33.4. The number of Topliss-reactive ketones (excluding diaryl/α,β-unsaturated/α-hetero) is 1. The van der Waals surface area contributed by atoms with Crippen LogP contribution in [0.2, 0.25) is 0 Å². The molecule has 4 aromatic rings. The van der Waals surface area contributed by atoms with Crippen LogP contribution < -0.4 is 19.5 Å². The maximum atomic E-state index is 14.7. The van der Waals surface area contributed by atoms with Gasteiger partial charge in [0.25, 0.3) is 5.91 Å². The number of carbonyl (C=O) groups excluding carboxylic acids is 4. The summed E-state index contributed by atoms with van der Waals surface area (Å²) in [5.74, 6) is -4.15. The van der Waals surface area contributed by atoms with E-state index in [1.165, 1.54) is 17.9 Å². The van der Waals surface area contributed by atoms with Crippen LogP contribution in [0.4, 0.5) is 22.0 Å². The summed E-state index contributed by atoms with van der Waals surface area (Å²) >= 11 is 0. The summed E-state index contributed by atoms with van der Waals surface area (Å²) in [6.45, 7) is -1.76. The molecule has 8 rings (SSSR count). The molecule has 62 heavy (non-hydrogen) atoms. The Hall–Kier alpha value is -5.66. The van der Waals surface area contributed by atoms with Gasteiger partial charge in [-0.1, -0.05) is 43.2 Å². The van der Waals surface area contributed by atoms with E-state index in [-0.39, 0.29) is 47.4 Å². The van der Waals surface area contributed by atoms with Crippen molar-refractivity contribution in [3.8, 4) is 11.6 Å². The second kappa shape index (κ2) is 16.2. The monoisotopic (exact) mass is 886 g/mol. The average Bonchev–Trinajstić information content (AvgIpc) is 3.98. The SMILES string of the molecule is CC1(S(=O)(=O)NC(=O)[C@]23CC(=O)[C@@H]4C[C@@H](Oc5nc6ccccc6c6ccc(OC(F)(F)F)cc56)CN4C(=O)[C@@H](NC(=O)c4ccn(C(F)F)n4)CCCCC/C=C\[C@@H]2C3)CC1. The number of fused-ring (bicyclic) bond motifs is 5. The van der Waals surface area contributed by atoms with E-state index >= 15 is 0 Å². The number of carbonyl (C=O) groups is 4. The Kier molecular flexibility index (Phi) is 11.3. The van der Waals surface area contributed by atoms with Crippen LogP contribution in [0.1, 0.15) is 88.2 Å². The molecule has 4 aliphatic rings. The highest BCUT2D eigenvalue weighted by Crippen LogP contribution is 2.57. The number of sulfonamides is 1. The van der Waals surface area contributed by atoms with Crippen molar-refractivity contribution in [2.24, 2.45) is 11.3 Å². The Balaban J connectivity index is 1.14. The summed E-state index contributed by atoms with van der Waals surface area (Å²) < 4.78 is 105. The first-order valence-corrected chi connectivity index (χ1v) is 21.8. The van der Waals surface area contributed by atoms with Crippen LogP contribution >= 0.6 is 0 Å². The number of pyridine rings is 1. The molecule has 0 radical (unpaired) electrons. The summed E-state index contributed by atoms with van der Waals surface area (Å²) in [7, 11) is -4.08. The van der Waals surface area contributed by atoms with Crippen molar-refractivity contribution < 1.29 is 59.0 Å². The van der Waals surface area contributed by atoms with Gasteiger partial charge in [-0.15, -0.1) is 13.2 Å². The van der Waals surface area contributed by atoms with Crippen LogP contribution in [0.25, 0.3) is 21.7 Å². The van der Waals surface area contributed by atoms with Crippen LogP contribution in [-0.4, -0.2) is 87.4 Å². The van der Waals surface area contributed by atoms with Gasteiger partial charge in [0, 0.05) is 29.8 Å². The molecule has 2 aromatic heterocycles. The number of para-hydroxylation sites is 1. The van der Waals surface area contributed by atoms with E-state index in [0.29, 0.717) is 54.8 Å². The molecule has 2 saturated carbocycles. The van der Waals surface area contributed by atoms with Gasteiger partial charge in [-0.3, -0.25) is 23.9 Å². The van der Waals surface area contributed by atoms with Crippen LogP contribution in [-0.2, 0) is 24.4 Å². The summed E-state index contributed by atoms with van der Waals surface area (Å²) in [4.78, 5) is 62.6. The van der Waals surface area contributed by atoms with E-state index in [1.54, 1.807) is 24.3 Å². The Morgan fingerprint density at radius 3 is 2.50 bits per heavy atom. The van der Waals surface area contributed by atoms with Gasteiger partial charge >= 0.3 is 12.9 Å². The quantitative estimate of drug-likeness (QED) is 0.107. The molecule has 2 aliphatic carbocycles. The van der Waals surface area contributed by atoms with Gasteiger partial charge in [-0.25, -0.2) is 18.1 Å². The van der Waals surface area contributed by atoms with Crippen molar-refractivity contribution in [2.45, 2.75) is 107 Å². The first-order valence-electron chi connectivity index (χ1n) is 20.3. The van der Waals surface area contributed by atoms with Crippen LogP contribution in [0.15, 0.2) is 66.9 Å². The number of nitrogens with zero attached hydrogens (tertiary/aromatic N) is 4. The van der Waals surface area contributed by atoms with Crippen molar-refractivity contribution in [3.05, 3.63) is 72.6 Å². The molecule has 0 bridgehead atoms. The number of hydrogen-bond donors (Lipinski definition) is 2. The van der Waals surface area contributed by atoms with Gasteiger partial charge < -0.3 is 19.7 Å². The van der Waals surface area contributed by atoms with Crippen LogP contribution in [0, 0.1) is 11.3 Å². The molecule has 0 unspecified atom stereocenters. The lowest BCUT2D eigenvalue weighted by Crippen LogP contribution is -2.52. The Morgan fingerprint density at radius 2 is 1.77 bits per heavy atom. The largest absolute Gasteiger partial charge is 0.573 e. The predicted octanol–water partition coefficient (Wildman–Crippen LogP) is 6.51. The minimum atomic E-state index is -5.00. The highest BCUT2D eigenvalue weighted by atomic mass is 32.2. The second-order valence-corrected chi connectivity index (χ2v) is 18.9. The minimum absolute atomic E-state index is 0.0945. The van der Waals surface area contributed by atoms with E-state index < -0.39 is 92.9 Å². The molecule has 5 atom stereocenters. The number of nitrogens with one attached hydrogen (secondary N) is 2. The molecule has 2 aliphatic heterocycles. The third-order valence-electron chi connectivity index (χ3n) is 12.3. The fraction of sp³-hybridized carbons (Fsp3) is 0.476. The minimum Gasteiger partial charge on any atom is -0.472 e. The third kappa shape index (κ3) is 8.70. The normalized spacial score (nSPS) is 26.0. The molecule has 14 nitrogen and oxygen atoms in total. The molecule has 2 aromatic carbocycles.